The highest BCUT2D eigenvalue weighted by molar-refractivity contribution is 7.92. The average Bonchev–Trinajstić information content (AvgIpc) is 3.50. The van der Waals surface area contributed by atoms with Crippen LogP contribution < -0.4 is 9.62 Å². The molecule has 0 aliphatic heterocycles. The molecule has 0 spiro atoms. The summed E-state index contributed by atoms with van der Waals surface area (Å²) in [5.74, 6) is -1.79. The van der Waals surface area contributed by atoms with Crippen LogP contribution in [0.3, 0.4) is 0 Å². The van der Waals surface area contributed by atoms with Gasteiger partial charge in [-0.1, -0.05) is 61.7 Å². The van der Waals surface area contributed by atoms with E-state index >= 15 is 0 Å². The van der Waals surface area contributed by atoms with Gasteiger partial charge in [0.15, 0.2) is 0 Å². The topological polar surface area (TPSA) is 86.8 Å². The number of halogens is 5. The molecular formula is C31H32ClF4N3O4S. The van der Waals surface area contributed by atoms with Crippen molar-refractivity contribution in [3.63, 3.8) is 0 Å². The van der Waals surface area contributed by atoms with E-state index in [1.807, 2.05) is 0 Å². The van der Waals surface area contributed by atoms with Crippen LogP contribution in [0.1, 0.15) is 50.2 Å². The van der Waals surface area contributed by atoms with E-state index in [1.165, 1.54) is 53.4 Å². The van der Waals surface area contributed by atoms with Crippen LogP contribution in [0.15, 0.2) is 77.7 Å². The summed E-state index contributed by atoms with van der Waals surface area (Å²) < 4.78 is 83.3. The fourth-order valence-corrected chi connectivity index (χ4v) is 6.86. The molecule has 3 aromatic carbocycles. The van der Waals surface area contributed by atoms with Gasteiger partial charge in [-0.15, -0.1) is 0 Å². The van der Waals surface area contributed by atoms with Crippen molar-refractivity contribution >= 4 is 39.1 Å². The molecule has 1 saturated carbocycles. The molecule has 236 valence electrons. The van der Waals surface area contributed by atoms with Crippen LogP contribution in [-0.2, 0) is 32.3 Å². The fraction of sp³-hybridized carbons (Fsp3) is 0.355. The molecule has 1 aliphatic carbocycles. The third-order valence-corrected chi connectivity index (χ3v) is 9.62. The average molecular weight is 654 g/mol. The molecule has 0 bridgehead atoms. The maximum atomic E-state index is 14.1. The molecular weight excluding hydrogens is 622 g/mol. The predicted molar refractivity (Wildman–Crippen MR) is 159 cm³/mol. The number of amides is 2. The Hall–Kier alpha value is -3.64. The fourth-order valence-electron chi connectivity index (χ4n) is 5.21. The summed E-state index contributed by atoms with van der Waals surface area (Å²) in [6.45, 7) is 0.588. The zero-order valence-corrected chi connectivity index (χ0v) is 25.4. The Kier molecular flexibility index (Phi) is 10.6. The summed E-state index contributed by atoms with van der Waals surface area (Å²) in [6.07, 6.45) is -1.26. The zero-order valence-electron chi connectivity index (χ0n) is 23.9. The molecule has 13 heteroatoms. The van der Waals surface area contributed by atoms with Gasteiger partial charge in [0.05, 0.1) is 21.2 Å². The van der Waals surface area contributed by atoms with Crippen molar-refractivity contribution < 1.29 is 35.6 Å². The molecule has 0 aromatic heterocycles. The van der Waals surface area contributed by atoms with E-state index in [9.17, 15) is 35.6 Å². The molecule has 1 N–H and O–H groups in total. The van der Waals surface area contributed by atoms with Crippen LogP contribution >= 0.6 is 11.6 Å². The van der Waals surface area contributed by atoms with E-state index in [0.29, 0.717) is 15.9 Å². The third-order valence-electron chi connectivity index (χ3n) is 7.51. The first-order chi connectivity index (χ1) is 20.8. The Labute approximate surface area is 258 Å². The lowest BCUT2D eigenvalue weighted by molar-refractivity contribution is -0.140. The third kappa shape index (κ3) is 7.89. The second kappa shape index (κ2) is 14.0. The molecule has 1 aliphatic rings. The standard InChI is InChI=1S/C31H32ClF4N3O4S/c1-2-28(30(41)37-23-8-6-7-9-23)38(19-21-12-14-22(33)15-13-21)29(40)20-39(44(42,43)25-10-4-3-5-11-25)24-16-17-27(32)26(18-24)31(34,35)36/h3-5,10-18,23,28H,2,6-9,19-20H2,1H3,(H,37,41)/t28-/m0/s1. The minimum atomic E-state index is -4.90. The quantitative estimate of drug-likeness (QED) is 0.238. The van der Waals surface area contributed by atoms with Gasteiger partial charge in [-0.25, -0.2) is 12.8 Å². The second-order valence-electron chi connectivity index (χ2n) is 10.5. The smallest absolute Gasteiger partial charge is 0.352 e. The minimum absolute atomic E-state index is 0.0656. The summed E-state index contributed by atoms with van der Waals surface area (Å²) in [6, 6.07) is 13.7. The number of carbonyl (C=O) groups is 2. The van der Waals surface area contributed by atoms with E-state index in [0.717, 1.165) is 37.8 Å². The van der Waals surface area contributed by atoms with Crippen molar-refractivity contribution in [2.45, 2.75) is 68.7 Å². The molecule has 2 amide bonds. The van der Waals surface area contributed by atoms with Gasteiger partial charge in [0, 0.05) is 12.6 Å². The number of hydrogen-bond donors (Lipinski definition) is 1. The maximum absolute atomic E-state index is 14.1. The maximum Gasteiger partial charge on any atom is 0.417 e. The first-order valence-corrected chi connectivity index (χ1v) is 15.9. The molecule has 3 aromatic rings. The number of benzene rings is 3. The van der Waals surface area contributed by atoms with Crippen LogP contribution in [0, 0.1) is 5.82 Å². The molecule has 0 unspecified atom stereocenters. The highest BCUT2D eigenvalue weighted by atomic mass is 35.5. The van der Waals surface area contributed by atoms with Crippen molar-refractivity contribution in [3.05, 3.63) is 94.8 Å². The molecule has 0 radical (unpaired) electrons. The molecule has 0 saturated heterocycles. The summed E-state index contributed by atoms with van der Waals surface area (Å²) in [7, 11) is -4.58. The van der Waals surface area contributed by atoms with E-state index in [-0.39, 0.29) is 23.9 Å². The lowest BCUT2D eigenvalue weighted by Gasteiger charge is -2.34. The summed E-state index contributed by atoms with van der Waals surface area (Å²) in [5, 5.41) is 2.33. The van der Waals surface area contributed by atoms with Gasteiger partial charge in [0.1, 0.15) is 18.4 Å². The summed E-state index contributed by atoms with van der Waals surface area (Å²) in [5.41, 5.74) is -1.25. The molecule has 7 nitrogen and oxygen atoms in total. The molecule has 4 rings (SSSR count). The van der Waals surface area contributed by atoms with Gasteiger partial charge < -0.3 is 10.2 Å². The monoisotopic (exact) mass is 653 g/mol. The van der Waals surface area contributed by atoms with Crippen molar-refractivity contribution in [1.29, 1.82) is 0 Å². The van der Waals surface area contributed by atoms with Crippen LogP contribution in [0.2, 0.25) is 5.02 Å². The highest BCUT2D eigenvalue weighted by Crippen LogP contribution is 2.38. The lowest BCUT2D eigenvalue weighted by Crippen LogP contribution is -2.53. The van der Waals surface area contributed by atoms with E-state index < -0.39 is 62.7 Å². The van der Waals surface area contributed by atoms with Gasteiger partial charge in [-0.3, -0.25) is 13.9 Å². The zero-order chi connectivity index (χ0) is 32.1. The molecule has 1 atom stereocenters. The minimum Gasteiger partial charge on any atom is -0.352 e. The Morgan fingerprint density at radius 1 is 1.00 bits per heavy atom. The second-order valence-corrected chi connectivity index (χ2v) is 12.8. The predicted octanol–water partition coefficient (Wildman–Crippen LogP) is 6.56. The summed E-state index contributed by atoms with van der Waals surface area (Å²) >= 11 is 5.81. The SMILES string of the molecule is CC[C@@H](C(=O)NC1CCCC1)N(Cc1ccc(F)cc1)C(=O)CN(c1ccc(Cl)c(C(F)(F)F)c1)S(=O)(=O)c1ccccc1. The number of carbonyl (C=O) groups excluding carboxylic acids is 2. The van der Waals surface area contributed by atoms with Crippen LogP contribution in [0.4, 0.5) is 23.2 Å². The van der Waals surface area contributed by atoms with Gasteiger partial charge in [0.2, 0.25) is 11.8 Å². The Bertz CT molecular complexity index is 1560. The van der Waals surface area contributed by atoms with Crippen molar-refractivity contribution in [1.82, 2.24) is 10.2 Å². The first kappa shape index (κ1) is 33.3. The van der Waals surface area contributed by atoms with Crippen LogP contribution in [0.25, 0.3) is 0 Å². The number of hydrogen-bond acceptors (Lipinski definition) is 4. The molecule has 0 heterocycles. The van der Waals surface area contributed by atoms with Gasteiger partial charge in [0.25, 0.3) is 10.0 Å². The highest BCUT2D eigenvalue weighted by Gasteiger charge is 2.37. The van der Waals surface area contributed by atoms with Gasteiger partial charge >= 0.3 is 6.18 Å². The van der Waals surface area contributed by atoms with Crippen molar-refractivity contribution in [3.8, 4) is 0 Å². The number of nitrogens with one attached hydrogen (secondary N) is 1. The van der Waals surface area contributed by atoms with Gasteiger partial charge in [-0.05, 0) is 67.3 Å². The van der Waals surface area contributed by atoms with Gasteiger partial charge in [-0.2, -0.15) is 13.2 Å². The molecule has 1 fully saturated rings. The number of anilines is 1. The van der Waals surface area contributed by atoms with Crippen LogP contribution in [-0.4, -0.2) is 43.8 Å². The number of nitrogens with zero attached hydrogens (tertiary/aromatic N) is 2. The Morgan fingerprint density at radius 2 is 1.64 bits per heavy atom. The largest absolute Gasteiger partial charge is 0.417 e. The summed E-state index contributed by atoms with van der Waals surface area (Å²) in [4.78, 5) is 28.5. The number of sulfonamides is 1. The number of alkyl halides is 3. The first-order valence-electron chi connectivity index (χ1n) is 14.1. The normalized spacial score (nSPS) is 14.7. The lowest BCUT2D eigenvalue weighted by atomic mass is 10.1. The van der Waals surface area contributed by atoms with Crippen LogP contribution in [0.5, 0.6) is 0 Å². The molecule has 44 heavy (non-hydrogen) atoms. The van der Waals surface area contributed by atoms with Crippen molar-refractivity contribution in [2.24, 2.45) is 0 Å². The van der Waals surface area contributed by atoms with E-state index in [4.69, 9.17) is 11.6 Å². The Balaban J connectivity index is 1.77. The van der Waals surface area contributed by atoms with E-state index in [2.05, 4.69) is 5.32 Å². The van der Waals surface area contributed by atoms with Crippen molar-refractivity contribution in [2.75, 3.05) is 10.8 Å². The number of rotatable bonds is 11. The Morgan fingerprint density at radius 3 is 2.23 bits per heavy atom. The van der Waals surface area contributed by atoms with E-state index in [1.54, 1.807) is 13.0 Å².